The van der Waals surface area contributed by atoms with Gasteiger partial charge in [0.1, 0.15) is 11.5 Å². The summed E-state index contributed by atoms with van der Waals surface area (Å²) in [4.78, 5) is 27.6. The van der Waals surface area contributed by atoms with Gasteiger partial charge in [0.25, 0.3) is 0 Å². The second-order valence-electron chi connectivity index (χ2n) is 7.27. The average Bonchev–Trinajstić information content (AvgIpc) is 3.19. The van der Waals surface area contributed by atoms with Crippen molar-refractivity contribution in [1.29, 1.82) is 0 Å². The molecule has 2 bridgehead atoms. The van der Waals surface area contributed by atoms with Crippen molar-refractivity contribution in [1.82, 2.24) is 0 Å². The molecule has 0 unspecified atom stereocenters. The van der Waals surface area contributed by atoms with Crippen LogP contribution in [0.4, 0.5) is 5.69 Å². The molecule has 1 aliphatic heterocycles. The Labute approximate surface area is 140 Å². The second-order valence-corrected chi connectivity index (χ2v) is 7.27. The van der Waals surface area contributed by atoms with E-state index in [-0.39, 0.29) is 40.9 Å². The number of benzene rings is 1. The zero-order chi connectivity index (χ0) is 16.6. The number of hydrogen-bond acceptors (Lipinski definition) is 4. The molecule has 3 aliphatic carbocycles. The Morgan fingerprint density at radius 1 is 1.00 bits per heavy atom. The molecule has 5 rings (SSSR count). The van der Waals surface area contributed by atoms with E-state index in [2.05, 4.69) is 12.2 Å². The van der Waals surface area contributed by atoms with Gasteiger partial charge in [-0.2, -0.15) is 0 Å². The Hall–Kier alpha value is -2.30. The summed E-state index contributed by atoms with van der Waals surface area (Å²) in [5, 5.41) is 0. The summed E-state index contributed by atoms with van der Waals surface area (Å²) in [5.41, 5.74) is 0.705. The maximum absolute atomic E-state index is 13.1. The summed E-state index contributed by atoms with van der Waals surface area (Å²) in [6, 6.07) is 5.20. The van der Waals surface area contributed by atoms with Crippen LogP contribution in [0.3, 0.4) is 0 Å². The van der Waals surface area contributed by atoms with Crippen LogP contribution in [0, 0.1) is 29.1 Å². The van der Waals surface area contributed by atoms with Gasteiger partial charge in [-0.15, -0.1) is 0 Å². The summed E-state index contributed by atoms with van der Waals surface area (Å²) < 4.78 is 10.6. The number of carbonyl (C=O) groups is 2. The van der Waals surface area contributed by atoms with Gasteiger partial charge in [0.15, 0.2) is 0 Å². The highest BCUT2D eigenvalue weighted by molar-refractivity contribution is 6.23. The fourth-order valence-electron chi connectivity index (χ4n) is 5.29. The number of ether oxygens (including phenoxy) is 2. The van der Waals surface area contributed by atoms with Crippen LogP contribution in [0.5, 0.6) is 11.5 Å². The van der Waals surface area contributed by atoms with Crippen LogP contribution < -0.4 is 14.4 Å². The predicted molar refractivity (Wildman–Crippen MR) is 86.8 cm³/mol. The van der Waals surface area contributed by atoms with E-state index in [1.165, 1.54) is 4.90 Å². The van der Waals surface area contributed by atoms with Gasteiger partial charge < -0.3 is 9.47 Å². The Morgan fingerprint density at radius 3 is 2.12 bits per heavy atom. The first kappa shape index (κ1) is 14.1. The van der Waals surface area contributed by atoms with Crippen molar-refractivity contribution in [2.24, 2.45) is 29.1 Å². The number of carbonyl (C=O) groups excluding carboxylic acids is 2. The average molecular weight is 325 g/mol. The molecule has 1 heterocycles. The molecular weight excluding hydrogens is 306 g/mol. The third-order valence-electron chi connectivity index (χ3n) is 6.48. The third-order valence-corrected chi connectivity index (χ3v) is 6.48. The van der Waals surface area contributed by atoms with E-state index in [4.69, 9.17) is 9.47 Å². The van der Waals surface area contributed by atoms with Gasteiger partial charge in [0.05, 0.1) is 31.7 Å². The summed E-state index contributed by atoms with van der Waals surface area (Å²) in [5.74, 6) is 0.995. The number of allylic oxidation sites excluding steroid dienone is 2. The quantitative estimate of drug-likeness (QED) is 0.632. The minimum absolute atomic E-state index is 0.0836. The van der Waals surface area contributed by atoms with E-state index in [1.54, 1.807) is 32.4 Å². The molecule has 1 spiro atoms. The van der Waals surface area contributed by atoms with E-state index >= 15 is 0 Å². The normalized spacial score (nSPS) is 34.2. The topological polar surface area (TPSA) is 55.8 Å². The van der Waals surface area contributed by atoms with E-state index in [9.17, 15) is 9.59 Å². The summed E-state index contributed by atoms with van der Waals surface area (Å²) in [6.45, 7) is 0. The Balaban J connectivity index is 1.59. The zero-order valence-electron chi connectivity index (χ0n) is 13.7. The molecule has 2 saturated carbocycles. The molecule has 5 heteroatoms. The second kappa shape index (κ2) is 4.41. The maximum Gasteiger partial charge on any atom is 0.238 e. The lowest BCUT2D eigenvalue weighted by atomic mass is 9.85. The van der Waals surface area contributed by atoms with Crippen molar-refractivity contribution in [3.8, 4) is 11.5 Å². The number of nitrogens with zero attached hydrogens (tertiary/aromatic N) is 1. The van der Waals surface area contributed by atoms with Gasteiger partial charge in [-0.3, -0.25) is 9.59 Å². The zero-order valence-corrected chi connectivity index (χ0v) is 13.7. The maximum atomic E-state index is 13.1. The van der Waals surface area contributed by atoms with Crippen molar-refractivity contribution < 1.29 is 19.1 Å². The van der Waals surface area contributed by atoms with Gasteiger partial charge >= 0.3 is 0 Å². The van der Waals surface area contributed by atoms with Crippen molar-refractivity contribution >= 4 is 17.5 Å². The molecule has 0 aromatic heterocycles. The number of methoxy groups -OCH3 is 2. The highest BCUT2D eigenvalue weighted by Crippen LogP contribution is 2.73. The first-order chi connectivity index (χ1) is 11.6. The van der Waals surface area contributed by atoms with Crippen molar-refractivity contribution in [2.75, 3.05) is 19.1 Å². The van der Waals surface area contributed by atoms with Crippen LogP contribution in [-0.4, -0.2) is 26.0 Å². The van der Waals surface area contributed by atoms with Crippen molar-refractivity contribution in [2.45, 2.75) is 12.8 Å². The number of hydrogen-bond donors (Lipinski definition) is 0. The first-order valence-corrected chi connectivity index (χ1v) is 8.40. The highest BCUT2D eigenvalue weighted by Gasteiger charge is 2.73. The fraction of sp³-hybridized carbons (Fsp3) is 0.474. The molecule has 4 aliphatic rings. The van der Waals surface area contributed by atoms with Crippen LogP contribution in [0.2, 0.25) is 0 Å². The lowest BCUT2D eigenvalue weighted by Gasteiger charge is -2.23. The molecule has 24 heavy (non-hydrogen) atoms. The van der Waals surface area contributed by atoms with Gasteiger partial charge in [-0.05, 0) is 42.2 Å². The molecule has 1 saturated heterocycles. The molecule has 0 N–H and O–H groups in total. The number of fused-ring (bicyclic) bond motifs is 3. The molecule has 0 radical (unpaired) electrons. The largest absolute Gasteiger partial charge is 0.497 e. The molecule has 124 valence electrons. The Kier molecular flexibility index (Phi) is 2.58. The van der Waals surface area contributed by atoms with Gasteiger partial charge in [-0.25, -0.2) is 4.90 Å². The SMILES string of the molecule is COc1ccc(OC)c(N2C(=O)[C@@H]3[C@@H](C2=O)[C@H]2C=C[C@H]3C23CC3)c1. The lowest BCUT2D eigenvalue weighted by molar-refractivity contribution is -0.123. The van der Waals surface area contributed by atoms with Gasteiger partial charge in [0, 0.05) is 6.07 Å². The van der Waals surface area contributed by atoms with Crippen LogP contribution in [0.25, 0.3) is 0 Å². The Morgan fingerprint density at radius 2 is 1.62 bits per heavy atom. The van der Waals surface area contributed by atoms with E-state index < -0.39 is 0 Å². The summed E-state index contributed by atoms with van der Waals surface area (Å²) >= 11 is 0. The predicted octanol–water partition coefficient (Wildman–Crippen LogP) is 2.41. The van der Waals surface area contributed by atoms with Gasteiger partial charge in [-0.1, -0.05) is 12.2 Å². The van der Waals surface area contributed by atoms with Crippen LogP contribution >= 0.6 is 0 Å². The molecule has 2 amide bonds. The lowest BCUT2D eigenvalue weighted by Crippen LogP contribution is -2.35. The van der Waals surface area contributed by atoms with E-state index in [0.717, 1.165) is 12.8 Å². The molecule has 1 aromatic carbocycles. The first-order valence-electron chi connectivity index (χ1n) is 8.40. The molecule has 1 aromatic rings. The van der Waals surface area contributed by atoms with Crippen LogP contribution in [-0.2, 0) is 9.59 Å². The van der Waals surface area contributed by atoms with E-state index in [0.29, 0.717) is 17.2 Å². The third kappa shape index (κ3) is 1.46. The number of amides is 2. The number of imide groups is 1. The molecule has 4 atom stereocenters. The monoisotopic (exact) mass is 325 g/mol. The van der Waals surface area contributed by atoms with Crippen LogP contribution in [0.15, 0.2) is 30.4 Å². The van der Waals surface area contributed by atoms with Crippen molar-refractivity contribution in [3.63, 3.8) is 0 Å². The molecule has 3 fully saturated rings. The fourth-order valence-corrected chi connectivity index (χ4v) is 5.29. The highest BCUT2D eigenvalue weighted by atomic mass is 16.5. The summed E-state index contributed by atoms with van der Waals surface area (Å²) in [7, 11) is 3.11. The number of rotatable bonds is 3. The molecule has 5 nitrogen and oxygen atoms in total. The van der Waals surface area contributed by atoms with Crippen molar-refractivity contribution in [3.05, 3.63) is 30.4 Å². The van der Waals surface area contributed by atoms with Crippen LogP contribution in [0.1, 0.15) is 12.8 Å². The van der Waals surface area contributed by atoms with Gasteiger partial charge in [0.2, 0.25) is 11.8 Å². The standard InChI is InChI=1S/C19H19NO4/c1-23-10-3-6-14(24-2)13(9-10)20-17(21)15-11-4-5-12(16(15)18(20)22)19(11)7-8-19/h3-6,9,11-12,15-16H,7-8H2,1-2H3/t11-,12-,15+,16+/m1/s1. The molecular formula is C19H19NO4. The minimum atomic E-state index is -0.203. The Bertz CT molecular complexity index is 761. The number of anilines is 1. The summed E-state index contributed by atoms with van der Waals surface area (Å²) in [6.07, 6.45) is 6.64. The van der Waals surface area contributed by atoms with E-state index in [1.807, 2.05) is 0 Å². The minimum Gasteiger partial charge on any atom is -0.497 e. The smallest absolute Gasteiger partial charge is 0.238 e.